The topological polar surface area (TPSA) is 76.9 Å². The van der Waals surface area contributed by atoms with E-state index in [-0.39, 0.29) is 12.1 Å². The Hall–Kier alpha value is -0.950. The summed E-state index contributed by atoms with van der Waals surface area (Å²) >= 11 is 0. The molecule has 1 heterocycles. The van der Waals surface area contributed by atoms with Crippen LogP contribution in [0.3, 0.4) is 0 Å². The lowest BCUT2D eigenvalue weighted by molar-refractivity contribution is 0.449. The van der Waals surface area contributed by atoms with Crippen LogP contribution in [0, 0.1) is 0 Å². The molecule has 6 nitrogen and oxygen atoms in total. The van der Waals surface area contributed by atoms with Gasteiger partial charge in [0.05, 0.1) is 5.25 Å². The fourth-order valence-corrected chi connectivity index (χ4v) is 2.80. The van der Waals surface area contributed by atoms with Crippen molar-refractivity contribution < 1.29 is 8.42 Å². The van der Waals surface area contributed by atoms with Crippen LogP contribution in [-0.4, -0.2) is 47.3 Å². The third kappa shape index (κ3) is 4.28. The van der Waals surface area contributed by atoms with Crippen molar-refractivity contribution in [1.82, 2.24) is 20.1 Å². The van der Waals surface area contributed by atoms with Gasteiger partial charge in [0.15, 0.2) is 9.84 Å². The summed E-state index contributed by atoms with van der Waals surface area (Å²) in [5.74, 6) is 0.816. The fraction of sp³-hybridized carbons (Fsp3) is 0.833. The zero-order chi connectivity index (χ0) is 14.6. The highest BCUT2D eigenvalue weighted by Crippen LogP contribution is 2.12. The van der Waals surface area contributed by atoms with Gasteiger partial charge in [-0.25, -0.2) is 18.1 Å². The minimum atomic E-state index is -3.08. The Kier molecular flexibility index (Phi) is 5.49. The van der Waals surface area contributed by atoms with Crippen LogP contribution in [0.4, 0.5) is 0 Å². The van der Waals surface area contributed by atoms with Gasteiger partial charge < -0.3 is 5.32 Å². The van der Waals surface area contributed by atoms with Gasteiger partial charge in [-0.3, -0.25) is 0 Å². The van der Waals surface area contributed by atoms with Gasteiger partial charge in [0.2, 0.25) is 0 Å². The molecule has 0 radical (unpaired) electrons. The molecule has 0 aliphatic rings. The van der Waals surface area contributed by atoms with Gasteiger partial charge >= 0.3 is 0 Å². The van der Waals surface area contributed by atoms with E-state index in [1.807, 2.05) is 25.5 Å². The molecule has 1 rings (SSSR count). The highest BCUT2D eigenvalue weighted by molar-refractivity contribution is 7.91. The van der Waals surface area contributed by atoms with Crippen LogP contribution in [0.15, 0.2) is 6.33 Å². The first-order valence-electron chi connectivity index (χ1n) is 6.58. The van der Waals surface area contributed by atoms with Gasteiger partial charge in [-0.05, 0) is 27.3 Å². The lowest BCUT2D eigenvalue weighted by Gasteiger charge is -2.23. The van der Waals surface area contributed by atoms with E-state index in [4.69, 9.17) is 0 Å². The van der Waals surface area contributed by atoms with E-state index in [9.17, 15) is 8.42 Å². The minimum absolute atomic E-state index is 0.151. The predicted octanol–water partition coefficient (Wildman–Crippen LogP) is 0.813. The quantitative estimate of drug-likeness (QED) is 0.803. The van der Waals surface area contributed by atoms with Gasteiger partial charge in [-0.15, -0.1) is 0 Å². The summed E-state index contributed by atoms with van der Waals surface area (Å²) < 4.78 is 25.3. The molecule has 0 aliphatic heterocycles. The summed E-state index contributed by atoms with van der Waals surface area (Å²) in [6.45, 7) is 8.48. The molecule has 1 aromatic rings. The second-order valence-corrected chi connectivity index (χ2v) is 7.52. The van der Waals surface area contributed by atoms with Crippen LogP contribution >= 0.6 is 0 Å². The monoisotopic (exact) mass is 288 g/mol. The molecule has 0 amide bonds. The number of aromatic nitrogens is 3. The summed E-state index contributed by atoms with van der Waals surface area (Å²) in [7, 11) is -3.08. The summed E-state index contributed by atoms with van der Waals surface area (Å²) in [4.78, 5) is 4.24. The Morgan fingerprint density at radius 1 is 1.37 bits per heavy atom. The van der Waals surface area contributed by atoms with Crippen molar-refractivity contribution in [2.75, 3.05) is 12.8 Å². The molecule has 2 atom stereocenters. The third-order valence-corrected chi connectivity index (χ3v) is 4.93. The van der Waals surface area contributed by atoms with Gasteiger partial charge in [-0.1, -0.05) is 6.92 Å². The number of hydrogen-bond acceptors (Lipinski definition) is 5. The number of nitrogens with one attached hydrogen (secondary N) is 1. The maximum atomic E-state index is 11.7. The summed E-state index contributed by atoms with van der Waals surface area (Å²) in [6.07, 6.45) is 3.35. The lowest BCUT2D eigenvalue weighted by Crippen LogP contribution is -2.44. The highest BCUT2D eigenvalue weighted by Gasteiger charge is 2.27. The molecule has 110 valence electrons. The molecular weight excluding hydrogens is 264 g/mol. The molecule has 0 aliphatic carbocycles. The molecule has 0 saturated heterocycles. The van der Waals surface area contributed by atoms with Crippen molar-refractivity contribution in [3.05, 3.63) is 12.2 Å². The van der Waals surface area contributed by atoms with Gasteiger partial charge in [0.1, 0.15) is 12.2 Å². The van der Waals surface area contributed by atoms with Crippen molar-refractivity contribution in [2.24, 2.45) is 0 Å². The predicted molar refractivity (Wildman–Crippen MR) is 75.9 cm³/mol. The molecule has 1 aromatic heterocycles. The first kappa shape index (κ1) is 16.1. The number of likely N-dealkylation sites (N-methyl/N-ethyl adjacent to an activating group) is 1. The fourth-order valence-electron chi connectivity index (χ4n) is 2.01. The van der Waals surface area contributed by atoms with Crippen LogP contribution in [0.5, 0.6) is 0 Å². The Morgan fingerprint density at radius 3 is 2.47 bits per heavy atom. The third-order valence-electron chi connectivity index (χ3n) is 3.25. The second-order valence-electron chi connectivity index (χ2n) is 5.12. The Bertz CT molecular complexity index is 496. The lowest BCUT2D eigenvalue weighted by atomic mass is 10.1. The minimum Gasteiger partial charge on any atom is -0.313 e. The van der Waals surface area contributed by atoms with Gasteiger partial charge in [-0.2, -0.15) is 5.10 Å². The van der Waals surface area contributed by atoms with Crippen molar-refractivity contribution in [1.29, 1.82) is 0 Å². The molecule has 0 saturated carbocycles. The smallest absolute Gasteiger partial charge is 0.151 e. The zero-order valence-electron chi connectivity index (χ0n) is 12.3. The Morgan fingerprint density at radius 2 is 2.00 bits per heavy atom. The highest BCUT2D eigenvalue weighted by atomic mass is 32.2. The maximum absolute atomic E-state index is 11.7. The van der Waals surface area contributed by atoms with E-state index in [1.54, 1.807) is 6.92 Å². The summed E-state index contributed by atoms with van der Waals surface area (Å²) in [5, 5.41) is 6.96. The average molecular weight is 288 g/mol. The van der Waals surface area contributed by atoms with Crippen molar-refractivity contribution in [3.8, 4) is 0 Å². The SMILES string of the molecule is CCNC(Cc1ncnn1C(C)C)C(C)S(C)(=O)=O. The molecule has 2 unspecified atom stereocenters. The standard InChI is InChI=1S/C12H24N4O2S/c1-6-13-11(10(4)19(5,17)18)7-12-14-8-15-16(12)9(2)3/h8-11,13H,6-7H2,1-5H3. The van der Waals surface area contributed by atoms with E-state index >= 15 is 0 Å². The molecule has 19 heavy (non-hydrogen) atoms. The number of nitrogens with zero attached hydrogens (tertiary/aromatic N) is 3. The van der Waals surface area contributed by atoms with Gasteiger partial charge in [0.25, 0.3) is 0 Å². The molecular formula is C12H24N4O2S. The Balaban J connectivity index is 2.93. The van der Waals surface area contributed by atoms with Gasteiger partial charge in [0, 0.05) is 24.8 Å². The van der Waals surface area contributed by atoms with Crippen molar-refractivity contribution in [3.63, 3.8) is 0 Å². The maximum Gasteiger partial charge on any atom is 0.151 e. The molecule has 0 aromatic carbocycles. The van der Waals surface area contributed by atoms with Crippen LogP contribution in [0.1, 0.15) is 39.6 Å². The van der Waals surface area contributed by atoms with Crippen LogP contribution in [0.25, 0.3) is 0 Å². The normalized spacial score (nSPS) is 15.7. The molecule has 0 spiro atoms. The largest absolute Gasteiger partial charge is 0.313 e. The van der Waals surface area contributed by atoms with E-state index < -0.39 is 15.1 Å². The van der Waals surface area contributed by atoms with Crippen LogP contribution in [0.2, 0.25) is 0 Å². The molecule has 1 N–H and O–H groups in total. The first-order chi connectivity index (χ1) is 8.77. The van der Waals surface area contributed by atoms with Crippen molar-refractivity contribution in [2.45, 2.75) is 51.4 Å². The van der Waals surface area contributed by atoms with E-state index in [0.717, 1.165) is 12.4 Å². The molecule has 7 heteroatoms. The van der Waals surface area contributed by atoms with Crippen LogP contribution < -0.4 is 5.32 Å². The van der Waals surface area contributed by atoms with E-state index in [1.165, 1.54) is 12.6 Å². The van der Waals surface area contributed by atoms with Crippen LogP contribution in [-0.2, 0) is 16.3 Å². The first-order valence-corrected chi connectivity index (χ1v) is 8.53. The Labute approximate surface area is 115 Å². The summed E-state index contributed by atoms with van der Waals surface area (Å²) in [6, 6.07) is 0.0648. The average Bonchev–Trinajstić information content (AvgIpc) is 2.74. The summed E-state index contributed by atoms with van der Waals surface area (Å²) in [5.41, 5.74) is 0. The number of sulfone groups is 1. The zero-order valence-corrected chi connectivity index (χ0v) is 13.1. The molecule has 0 fully saturated rings. The number of hydrogen-bond donors (Lipinski definition) is 1. The van der Waals surface area contributed by atoms with E-state index in [2.05, 4.69) is 15.4 Å². The number of rotatable bonds is 7. The molecule has 0 bridgehead atoms. The van der Waals surface area contributed by atoms with E-state index in [0.29, 0.717) is 6.42 Å². The van der Waals surface area contributed by atoms with Crippen molar-refractivity contribution >= 4 is 9.84 Å². The second kappa shape index (κ2) is 6.47.